The lowest BCUT2D eigenvalue weighted by Gasteiger charge is -2.29. The molecule has 0 aromatic carbocycles. The van der Waals surface area contributed by atoms with Gasteiger partial charge in [-0.1, -0.05) is 13.3 Å². The molecular weight excluding hydrogens is 264 g/mol. The first-order chi connectivity index (χ1) is 9.92. The third-order valence-corrected chi connectivity index (χ3v) is 4.63. The van der Waals surface area contributed by atoms with Gasteiger partial charge in [0.1, 0.15) is 5.54 Å². The second-order valence-electron chi connectivity index (χ2n) is 6.82. The first kappa shape index (κ1) is 18.4. The predicted octanol–water partition coefficient (Wildman–Crippen LogP) is 2.96. The van der Waals surface area contributed by atoms with Crippen molar-refractivity contribution < 1.29 is 9.53 Å². The largest absolute Gasteiger partial charge is 0.468 e. The lowest BCUT2D eigenvalue weighted by Crippen LogP contribution is -2.51. The van der Waals surface area contributed by atoms with Crippen molar-refractivity contribution in [2.24, 2.45) is 0 Å². The summed E-state index contributed by atoms with van der Waals surface area (Å²) in [6.07, 6.45) is 7.88. The maximum absolute atomic E-state index is 12.0. The summed E-state index contributed by atoms with van der Waals surface area (Å²) in [6.45, 7) is 7.61. The van der Waals surface area contributed by atoms with Crippen molar-refractivity contribution in [3.8, 4) is 0 Å². The maximum atomic E-state index is 12.0. The highest BCUT2D eigenvalue weighted by Crippen LogP contribution is 2.26. The summed E-state index contributed by atoms with van der Waals surface area (Å²) in [6, 6.07) is 1.16. The number of nitrogens with zero attached hydrogens (tertiary/aromatic N) is 1. The Morgan fingerprint density at radius 3 is 2.62 bits per heavy atom. The molecule has 0 spiro atoms. The standard InChI is InChI=1S/C17H34N2O2/c1-6-9-14(2)19(4)13-8-7-12-17(3,16(20)21-5)18-15-10-11-15/h14-15,18H,6-13H2,1-5H3. The Morgan fingerprint density at radius 1 is 1.43 bits per heavy atom. The van der Waals surface area contributed by atoms with Crippen LogP contribution in [0.25, 0.3) is 0 Å². The molecule has 0 bridgehead atoms. The highest BCUT2D eigenvalue weighted by molar-refractivity contribution is 5.80. The summed E-state index contributed by atoms with van der Waals surface area (Å²) >= 11 is 0. The predicted molar refractivity (Wildman–Crippen MR) is 87.4 cm³/mol. The van der Waals surface area contributed by atoms with Gasteiger partial charge in [-0.25, -0.2) is 0 Å². The van der Waals surface area contributed by atoms with Gasteiger partial charge in [0, 0.05) is 12.1 Å². The third kappa shape index (κ3) is 6.35. The molecule has 0 saturated heterocycles. The van der Waals surface area contributed by atoms with Crippen LogP contribution in [0, 0.1) is 0 Å². The Kier molecular flexibility index (Phi) is 7.67. The van der Waals surface area contributed by atoms with E-state index < -0.39 is 5.54 Å². The van der Waals surface area contributed by atoms with Gasteiger partial charge < -0.3 is 9.64 Å². The van der Waals surface area contributed by atoms with Gasteiger partial charge in [-0.05, 0) is 66.0 Å². The fourth-order valence-electron chi connectivity index (χ4n) is 2.83. The van der Waals surface area contributed by atoms with Gasteiger partial charge in [-0.3, -0.25) is 10.1 Å². The van der Waals surface area contributed by atoms with Crippen LogP contribution >= 0.6 is 0 Å². The highest BCUT2D eigenvalue weighted by Gasteiger charge is 2.38. The van der Waals surface area contributed by atoms with Gasteiger partial charge in [-0.15, -0.1) is 0 Å². The van der Waals surface area contributed by atoms with Crippen LogP contribution in [0.4, 0.5) is 0 Å². The summed E-state index contributed by atoms with van der Waals surface area (Å²) in [4.78, 5) is 14.4. The molecule has 0 heterocycles. The molecule has 0 aliphatic heterocycles. The highest BCUT2D eigenvalue weighted by atomic mass is 16.5. The van der Waals surface area contributed by atoms with Crippen LogP contribution in [0.3, 0.4) is 0 Å². The number of methoxy groups -OCH3 is 1. The molecule has 0 aromatic rings. The monoisotopic (exact) mass is 298 g/mol. The van der Waals surface area contributed by atoms with E-state index in [2.05, 4.69) is 31.1 Å². The first-order valence-electron chi connectivity index (χ1n) is 8.49. The van der Waals surface area contributed by atoms with Crippen molar-refractivity contribution in [2.45, 2.75) is 83.3 Å². The SMILES string of the molecule is CCCC(C)N(C)CCCCC(C)(NC1CC1)C(=O)OC. The van der Waals surface area contributed by atoms with E-state index in [1.807, 2.05) is 6.92 Å². The van der Waals surface area contributed by atoms with E-state index in [9.17, 15) is 4.79 Å². The molecule has 21 heavy (non-hydrogen) atoms. The Morgan fingerprint density at radius 2 is 2.10 bits per heavy atom. The minimum Gasteiger partial charge on any atom is -0.468 e. The van der Waals surface area contributed by atoms with Gasteiger partial charge in [0.05, 0.1) is 7.11 Å². The Balaban J connectivity index is 2.31. The van der Waals surface area contributed by atoms with Crippen molar-refractivity contribution in [3.63, 3.8) is 0 Å². The quantitative estimate of drug-likeness (QED) is 0.470. The lowest BCUT2D eigenvalue weighted by molar-refractivity contribution is -0.148. The zero-order chi connectivity index (χ0) is 15.9. The van der Waals surface area contributed by atoms with Crippen LogP contribution in [0.2, 0.25) is 0 Å². The molecule has 0 aromatic heterocycles. The van der Waals surface area contributed by atoms with Crippen LogP contribution in [-0.2, 0) is 9.53 Å². The van der Waals surface area contributed by atoms with E-state index in [1.54, 1.807) is 0 Å². The zero-order valence-corrected chi connectivity index (χ0v) is 14.6. The molecule has 2 unspecified atom stereocenters. The van der Waals surface area contributed by atoms with Crippen LogP contribution in [0.1, 0.15) is 65.7 Å². The fourth-order valence-corrected chi connectivity index (χ4v) is 2.83. The molecule has 0 radical (unpaired) electrons. The number of hydrogen-bond acceptors (Lipinski definition) is 4. The average molecular weight is 298 g/mol. The lowest BCUT2D eigenvalue weighted by atomic mass is 9.94. The van der Waals surface area contributed by atoms with Crippen molar-refractivity contribution in [3.05, 3.63) is 0 Å². The Hall–Kier alpha value is -0.610. The summed E-state index contributed by atoms with van der Waals surface area (Å²) < 4.78 is 4.98. The topological polar surface area (TPSA) is 41.6 Å². The number of hydrogen-bond donors (Lipinski definition) is 1. The second kappa shape index (κ2) is 8.74. The third-order valence-electron chi connectivity index (χ3n) is 4.63. The molecule has 4 heteroatoms. The molecule has 1 fully saturated rings. The molecule has 1 N–H and O–H groups in total. The molecule has 4 nitrogen and oxygen atoms in total. The molecule has 1 aliphatic rings. The number of carbonyl (C=O) groups is 1. The number of nitrogens with one attached hydrogen (secondary N) is 1. The minimum atomic E-state index is -0.510. The van der Waals surface area contributed by atoms with Crippen LogP contribution in [0.15, 0.2) is 0 Å². The van der Waals surface area contributed by atoms with Crippen molar-refractivity contribution in [1.82, 2.24) is 10.2 Å². The van der Waals surface area contributed by atoms with E-state index >= 15 is 0 Å². The Bertz CT molecular complexity index is 318. The zero-order valence-electron chi connectivity index (χ0n) is 14.6. The molecule has 1 aliphatic carbocycles. The van der Waals surface area contributed by atoms with Gasteiger partial charge in [0.15, 0.2) is 0 Å². The number of ether oxygens (including phenoxy) is 1. The molecule has 124 valence electrons. The van der Waals surface area contributed by atoms with Crippen LogP contribution in [0.5, 0.6) is 0 Å². The summed E-state index contributed by atoms with van der Waals surface area (Å²) in [5.74, 6) is -0.123. The number of rotatable bonds is 11. The minimum absolute atomic E-state index is 0.123. The molecule has 2 atom stereocenters. The van der Waals surface area contributed by atoms with E-state index in [0.29, 0.717) is 12.1 Å². The van der Waals surface area contributed by atoms with Crippen LogP contribution < -0.4 is 5.32 Å². The second-order valence-corrected chi connectivity index (χ2v) is 6.82. The molecule has 1 rings (SSSR count). The number of esters is 1. The first-order valence-corrected chi connectivity index (χ1v) is 8.49. The fraction of sp³-hybridized carbons (Fsp3) is 0.941. The van der Waals surface area contributed by atoms with Gasteiger partial charge in [-0.2, -0.15) is 0 Å². The average Bonchev–Trinajstić information content (AvgIpc) is 3.26. The number of carbonyl (C=O) groups excluding carboxylic acids is 1. The molecule has 1 saturated carbocycles. The van der Waals surface area contributed by atoms with E-state index in [-0.39, 0.29) is 5.97 Å². The Labute approximate surface area is 130 Å². The van der Waals surface area contributed by atoms with E-state index in [0.717, 1.165) is 25.8 Å². The van der Waals surface area contributed by atoms with Crippen molar-refractivity contribution >= 4 is 5.97 Å². The van der Waals surface area contributed by atoms with Gasteiger partial charge >= 0.3 is 5.97 Å². The maximum Gasteiger partial charge on any atom is 0.325 e. The smallest absolute Gasteiger partial charge is 0.325 e. The molecular formula is C17H34N2O2. The van der Waals surface area contributed by atoms with Crippen LogP contribution in [-0.4, -0.2) is 49.2 Å². The van der Waals surface area contributed by atoms with Gasteiger partial charge in [0.25, 0.3) is 0 Å². The summed E-state index contributed by atoms with van der Waals surface area (Å²) in [7, 11) is 3.68. The summed E-state index contributed by atoms with van der Waals surface area (Å²) in [5.41, 5.74) is -0.510. The van der Waals surface area contributed by atoms with E-state index in [1.165, 1.54) is 32.8 Å². The number of unbranched alkanes of at least 4 members (excludes halogenated alkanes) is 1. The van der Waals surface area contributed by atoms with E-state index in [4.69, 9.17) is 4.74 Å². The van der Waals surface area contributed by atoms with Crippen molar-refractivity contribution in [1.29, 1.82) is 0 Å². The normalized spacial score (nSPS) is 19.3. The van der Waals surface area contributed by atoms with Crippen molar-refractivity contribution in [2.75, 3.05) is 20.7 Å². The summed E-state index contributed by atoms with van der Waals surface area (Å²) in [5, 5.41) is 3.46. The molecule has 0 amide bonds. The van der Waals surface area contributed by atoms with Gasteiger partial charge in [0.2, 0.25) is 0 Å².